The van der Waals surface area contributed by atoms with Crippen LogP contribution in [0.15, 0.2) is 6.07 Å². The normalized spacial score (nSPS) is 10.2. The molecule has 0 saturated carbocycles. The highest BCUT2D eigenvalue weighted by atomic mass is 19.2. The molecule has 0 saturated heterocycles. The van der Waals surface area contributed by atoms with E-state index in [-0.39, 0.29) is 5.56 Å². The monoisotopic (exact) mass is 188 g/mol. The highest BCUT2D eigenvalue weighted by Crippen LogP contribution is 2.19. The Bertz CT molecular complexity index is 345. The van der Waals surface area contributed by atoms with Crippen molar-refractivity contribution >= 4 is 5.78 Å². The summed E-state index contributed by atoms with van der Waals surface area (Å²) in [5.41, 5.74) is -0.887. The second kappa shape index (κ2) is 3.20. The second-order valence-corrected chi connectivity index (χ2v) is 2.73. The number of aryl methyl sites for hydroxylation is 1. The van der Waals surface area contributed by atoms with E-state index in [1.54, 1.807) is 0 Å². The van der Waals surface area contributed by atoms with Crippen molar-refractivity contribution in [3.05, 3.63) is 34.6 Å². The molecule has 1 aromatic rings. The van der Waals surface area contributed by atoms with E-state index in [4.69, 9.17) is 0 Å². The van der Waals surface area contributed by atoms with E-state index in [0.29, 0.717) is 0 Å². The van der Waals surface area contributed by atoms with E-state index in [9.17, 15) is 18.0 Å². The SMILES string of the molecule is CC(=O)c1c(F)c(C)cc(F)c1F. The topological polar surface area (TPSA) is 17.1 Å². The molecule has 0 spiro atoms. The molecule has 0 bridgehead atoms. The van der Waals surface area contributed by atoms with E-state index in [1.807, 2.05) is 0 Å². The third kappa shape index (κ3) is 1.56. The van der Waals surface area contributed by atoms with Gasteiger partial charge in [-0.05, 0) is 25.5 Å². The predicted molar refractivity (Wildman–Crippen MR) is 41.1 cm³/mol. The lowest BCUT2D eigenvalue weighted by Crippen LogP contribution is -2.06. The number of carbonyl (C=O) groups is 1. The Balaban J connectivity index is 3.56. The summed E-state index contributed by atoms with van der Waals surface area (Å²) < 4.78 is 38.6. The zero-order valence-electron chi connectivity index (χ0n) is 7.12. The van der Waals surface area contributed by atoms with Gasteiger partial charge < -0.3 is 0 Å². The Morgan fingerprint density at radius 2 is 1.77 bits per heavy atom. The molecule has 0 fully saturated rings. The molecule has 0 aliphatic rings. The lowest BCUT2D eigenvalue weighted by atomic mass is 10.1. The van der Waals surface area contributed by atoms with E-state index >= 15 is 0 Å². The molecule has 0 N–H and O–H groups in total. The summed E-state index contributed by atoms with van der Waals surface area (Å²) >= 11 is 0. The quantitative estimate of drug-likeness (QED) is 0.489. The van der Waals surface area contributed by atoms with Gasteiger partial charge >= 0.3 is 0 Å². The molecule has 0 aliphatic carbocycles. The zero-order chi connectivity index (χ0) is 10.2. The molecule has 0 amide bonds. The molecule has 0 radical (unpaired) electrons. The lowest BCUT2D eigenvalue weighted by molar-refractivity contribution is 0.100. The van der Waals surface area contributed by atoms with Crippen LogP contribution in [-0.4, -0.2) is 5.78 Å². The molecular weight excluding hydrogens is 181 g/mol. The van der Waals surface area contributed by atoms with Crippen LogP contribution in [0.4, 0.5) is 13.2 Å². The minimum Gasteiger partial charge on any atom is -0.294 e. The van der Waals surface area contributed by atoms with Gasteiger partial charge in [0.25, 0.3) is 0 Å². The first kappa shape index (κ1) is 9.77. The van der Waals surface area contributed by atoms with Crippen molar-refractivity contribution in [1.29, 1.82) is 0 Å². The standard InChI is InChI=1S/C9H7F3O/c1-4-3-6(10)9(12)7(5(2)13)8(4)11/h3H,1-2H3. The first-order valence-corrected chi connectivity index (χ1v) is 3.60. The van der Waals surface area contributed by atoms with Crippen LogP contribution in [0.2, 0.25) is 0 Å². The van der Waals surface area contributed by atoms with Crippen LogP contribution < -0.4 is 0 Å². The highest BCUT2D eigenvalue weighted by molar-refractivity contribution is 5.94. The summed E-state index contributed by atoms with van der Waals surface area (Å²) in [6, 6.07) is 0.719. The molecule has 1 aromatic carbocycles. The van der Waals surface area contributed by atoms with Crippen molar-refractivity contribution in [2.75, 3.05) is 0 Å². The van der Waals surface area contributed by atoms with Gasteiger partial charge in [0, 0.05) is 0 Å². The molecule has 0 unspecified atom stereocenters. The summed E-state index contributed by atoms with van der Waals surface area (Å²) in [5.74, 6) is -4.44. The van der Waals surface area contributed by atoms with Gasteiger partial charge in [-0.3, -0.25) is 4.79 Å². The lowest BCUT2D eigenvalue weighted by Gasteiger charge is -2.04. The Morgan fingerprint density at radius 1 is 1.23 bits per heavy atom. The minimum absolute atomic E-state index is 0.0795. The maximum atomic E-state index is 13.1. The van der Waals surface area contributed by atoms with Gasteiger partial charge in [-0.25, -0.2) is 13.2 Å². The number of benzene rings is 1. The molecule has 0 atom stereocenters. The maximum absolute atomic E-state index is 13.1. The molecule has 4 heteroatoms. The maximum Gasteiger partial charge on any atom is 0.172 e. The number of rotatable bonds is 1. The van der Waals surface area contributed by atoms with E-state index in [0.717, 1.165) is 13.0 Å². The smallest absolute Gasteiger partial charge is 0.172 e. The van der Waals surface area contributed by atoms with Crippen LogP contribution in [0.3, 0.4) is 0 Å². The van der Waals surface area contributed by atoms with Gasteiger partial charge in [-0.1, -0.05) is 0 Å². The van der Waals surface area contributed by atoms with Gasteiger partial charge in [-0.2, -0.15) is 0 Å². The summed E-state index contributed by atoms with van der Waals surface area (Å²) in [6.07, 6.45) is 0. The summed E-state index contributed by atoms with van der Waals surface area (Å²) in [7, 11) is 0. The van der Waals surface area contributed by atoms with Crippen molar-refractivity contribution in [2.24, 2.45) is 0 Å². The van der Waals surface area contributed by atoms with Gasteiger partial charge in [0.2, 0.25) is 0 Å². The molecule has 13 heavy (non-hydrogen) atoms. The number of Topliss-reactive ketones (excluding diaryl/α,β-unsaturated/α-hetero) is 1. The van der Waals surface area contributed by atoms with Crippen LogP contribution in [-0.2, 0) is 0 Å². The number of ketones is 1. The van der Waals surface area contributed by atoms with Crippen molar-refractivity contribution in [1.82, 2.24) is 0 Å². The summed E-state index contributed by atoms with van der Waals surface area (Å²) in [5, 5.41) is 0. The van der Waals surface area contributed by atoms with Crippen LogP contribution >= 0.6 is 0 Å². The fourth-order valence-corrected chi connectivity index (χ4v) is 1.04. The second-order valence-electron chi connectivity index (χ2n) is 2.73. The Hall–Kier alpha value is -1.32. The van der Waals surface area contributed by atoms with Gasteiger partial charge in [-0.15, -0.1) is 0 Å². The number of hydrogen-bond acceptors (Lipinski definition) is 1. The average molecular weight is 188 g/mol. The van der Waals surface area contributed by atoms with Crippen LogP contribution in [0.25, 0.3) is 0 Å². The molecule has 1 rings (SSSR count). The van der Waals surface area contributed by atoms with Crippen molar-refractivity contribution in [3.8, 4) is 0 Å². The average Bonchev–Trinajstić information content (AvgIpc) is 2.01. The van der Waals surface area contributed by atoms with E-state index in [1.165, 1.54) is 6.92 Å². The molecule has 0 aromatic heterocycles. The third-order valence-corrected chi connectivity index (χ3v) is 1.69. The summed E-state index contributed by atoms with van der Waals surface area (Å²) in [6.45, 7) is 2.25. The minimum atomic E-state index is -1.42. The number of halogens is 3. The Labute approximate surface area is 73.2 Å². The van der Waals surface area contributed by atoms with Gasteiger partial charge in [0.1, 0.15) is 5.82 Å². The molecule has 0 heterocycles. The molecule has 70 valence electrons. The molecular formula is C9H7F3O. The highest BCUT2D eigenvalue weighted by Gasteiger charge is 2.19. The van der Waals surface area contributed by atoms with Crippen LogP contribution in [0, 0.1) is 24.4 Å². The van der Waals surface area contributed by atoms with Crippen LogP contribution in [0.5, 0.6) is 0 Å². The van der Waals surface area contributed by atoms with Gasteiger partial charge in [0.05, 0.1) is 5.56 Å². The van der Waals surface area contributed by atoms with Gasteiger partial charge in [0.15, 0.2) is 17.4 Å². The van der Waals surface area contributed by atoms with Crippen LogP contribution in [0.1, 0.15) is 22.8 Å². The molecule has 1 nitrogen and oxygen atoms in total. The zero-order valence-corrected chi connectivity index (χ0v) is 7.12. The van der Waals surface area contributed by atoms with Crippen molar-refractivity contribution in [3.63, 3.8) is 0 Å². The summed E-state index contributed by atoms with van der Waals surface area (Å²) in [4.78, 5) is 10.7. The fourth-order valence-electron chi connectivity index (χ4n) is 1.04. The number of carbonyl (C=O) groups excluding carboxylic acids is 1. The van der Waals surface area contributed by atoms with Crippen molar-refractivity contribution < 1.29 is 18.0 Å². The molecule has 0 aliphatic heterocycles. The first-order chi connectivity index (χ1) is 5.95. The predicted octanol–water partition coefficient (Wildman–Crippen LogP) is 2.61. The van der Waals surface area contributed by atoms with E-state index in [2.05, 4.69) is 0 Å². The third-order valence-electron chi connectivity index (χ3n) is 1.69. The Morgan fingerprint density at radius 3 is 2.23 bits per heavy atom. The van der Waals surface area contributed by atoms with Crippen molar-refractivity contribution in [2.45, 2.75) is 13.8 Å². The number of hydrogen-bond donors (Lipinski definition) is 0. The first-order valence-electron chi connectivity index (χ1n) is 3.60. The van der Waals surface area contributed by atoms with E-state index < -0.39 is 28.8 Å². The Kier molecular flexibility index (Phi) is 2.40. The largest absolute Gasteiger partial charge is 0.294 e. The fraction of sp³-hybridized carbons (Fsp3) is 0.222.